The van der Waals surface area contributed by atoms with Crippen LogP contribution >= 0.6 is 34.5 Å². The predicted octanol–water partition coefficient (Wildman–Crippen LogP) is 5.30. The van der Waals surface area contributed by atoms with Crippen molar-refractivity contribution < 1.29 is 13.2 Å². The normalized spacial score (nSPS) is 14.7. The average molecular weight is 522 g/mol. The standard InChI is InChI=1S/C23H21Cl2N3O3S2/c1-27(2)23(29)17-8-7-16(13-19(17)25)20-14-26-22(32-20)15-9-11-28(12-10-15)33(30,31)21-6-4-3-5-18(21)24/h3-9,13-14H,10-12H2,1-2H3. The maximum atomic E-state index is 12.9. The highest BCUT2D eigenvalue weighted by Gasteiger charge is 2.28. The maximum Gasteiger partial charge on any atom is 0.254 e. The molecule has 1 aliphatic rings. The number of carbonyl (C=O) groups excluding carboxylic acids is 1. The van der Waals surface area contributed by atoms with Crippen molar-refractivity contribution in [2.45, 2.75) is 11.3 Å². The van der Waals surface area contributed by atoms with Crippen LogP contribution in [-0.4, -0.2) is 55.7 Å². The molecule has 0 radical (unpaired) electrons. The minimum atomic E-state index is -3.66. The number of carbonyl (C=O) groups is 1. The molecule has 1 aromatic heterocycles. The highest BCUT2D eigenvalue weighted by atomic mass is 35.5. The summed E-state index contributed by atoms with van der Waals surface area (Å²) < 4.78 is 27.3. The summed E-state index contributed by atoms with van der Waals surface area (Å²) in [4.78, 5) is 19.3. The van der Waals surface area contributed by atoms with E-state index in [9.17, 15) is 13.2 Å². The van der Waals surface area contributed by atoms with Gasteiger partial charge in [-0.1, -0.05) is 47.5 Å². The Labute approximate surface area is 207 Å². The van der Waals surface area contributed by atoms with E-state index in [2.05, 4.69) is 4.98 Å². The Hall–Kier alpha value is -2.23. The van der Waals surface area contributed by atoms with Gasteiger partial charge in [-0.2, -0.15) is 4.31 Å². The number of rotatable bonds is 5. The van der Waals surface area contributed by atoms with Crippen LogP contribution in [0.2, 0.25) is 10.0 Å². The molecule has 0 saturated carbocycles. The fourth-order valence-corrected chi connectivity index (χ4v) is 6.61. The molecular formula is C23H21Cl2N3O3S2. The lowest BCUT2D eigenvalue weighted by Crippen LogP contribution is -2.34. The van der Waals surface area contributed by atoms with Gasteiger partial charge < -0.3 is 4.90 Å². The molecule has 0 spiro atoms. The zero-order valence-electron chi connectivity index (χ0n) is 18.0. The summed E-state index contributed by atoms with van der Waals surface area (Å²) >= 11 is 14.0. The van der Waals surface area contributed by atoms with Gasteiger partial charge in [0.2, 0.25) is 10.0 Å². The van der Waals surface area contributed by atoms with Crippen LogP contribution in [0.4, 0.5) is 0 Å². The minimum Gasteiger partial charge on any atom is -0.345 e. The van der Waals surface area contributed by atoms with Crippen LogP contribution in [0.5, 0.6) is 0 Å². The molecule has 0 fully saturated rings. The fourth-order valence-electron chi connectivity index (χ4n) is 3.49. The third-order valence-electron chi connectivity index (χ3n) is 5.30. The van der Waals surface area contributed by atoms with E-state index < -0.39 is 10.0 Å². The Balaban J connectivity index is 1.52. The number of sulfonamides is 1. The minimum absolute atomic E-state index is 0.119. The SMILES string of the molecule is CN(C)C(=O)c1ccc(-c2cnc(C3=CCN(S(=O)(=O)c4ccccc4Cl)CC3)s2)cc1Cl. The summed E-state index contributed by atoms with van der Waals surface area (Å²) in [6, 6.07) is 11.8. The number of nitrogens with zero attached hydrogens (tertiary/aromatic N) is 3. The molecule has 6 nitrogen and oxygen atoms in total. The Bertz CT molecular complexity index is 1350. The molecule has 4 rings (SSSR count). The number of hydrogen-bond acceptors (Lipinski definition) is 5. The first-order valence-electron chi connectivity index (χ1n) is 10.1. The third-order valence-corrected chi connectivity index (χ3v) is 9.10. The van der Waals surface area contributed by atoms with Gasteiger partial charge in [0.15, 0.2) is 0 Å². The topological polar surface area (TPSA) is 70.6 Å². The highest BCUT2D eigenvalue weighted by molar-refractivity contribution is 7.89. The Morgan fingerprint density at radius 3 is 2.52 bits per heavy atom. The van der Waals surface area contributed by atoms with Crippen molar-refractivity contribution in [2.24, 2.45) is 0 Å². The number of halogens is 2. The molecule has 33 heavy (non-hydrogen) atoms. The van der Waals surface area contributed by atoms with Crippen molar-refractivity contribution in [3.05, 3.63) is 75.4 Å². The molecule has 0 atom stereocenters. The van der Waals surface area contributed by atoms with Gasteiger partial charge in [-0.05, 0) is 41.8 Å². The van der Waals surface area contributed by atoms with Crippen molar-refractivity contribution in [1.82, 2.24) is 14.2 Å². The van der Waals surface area contributed by atoms with Crippen molar-refractivity contribution in [3.8, 4) is 10.4 Å². The van der Waals surface area contributed by atoms with Crippen molar-refractivity contribution >= 4 is 56.0 Å². The zero-order chi connectivity index (χ0) is 23.8. The highest BCUT2D eigenvalue weighted by Crippen LogP contribution is 2.35. The molecule has 2 heterocycles. The second-order valence-electron chi connectivity index (χ2n) is 7.70. The van der Waals surface area contributed by atoms with E-state index in [0.717, 1.165) is 21.0 Å². The van der Waals surface area contributed by atoms with Crippen LogP contribution in [0, 0.1) is 0 Å². The molecule has 0 N–H and O–H groups in total. The summed E-state index contributed by atoms with van der Waals surface area (Å²) in [5, 5.41) is 1.44. The number of amides is 1. The lowest BCUT2D eigenvalue weighted by molar-refractivity contribution is 0.0828. The van der Waals surface area contributed by atoms with Gasteiger partial charge in [0.1, 0.15) is 9.90 Å². The molecule has 10 heteroatoms. The number of benzene rings is 2. The second kappa shape index (κ2) is 9.56. The summed E-state index contributed by atoms with van der Waals surface area (Å²) in [5.41, 5.74) is 2.32. The van der Waals surface area contributed by atoms with E-state index >= 15 is 0 Å². The molecule has 0 saturated heterocycles. The van der Waals surface area contributed by atoms with Crippen molar-refractivity contribution in [2.75, 3.05) is 27.2 Å². The molecule has 2 aromatic carbocycles. The Morgan fingerprint density at radius 1 is 1.12 bits per heavy atom. The van der Waals surface area contributed by atoms with E-state index in [0.29, 0.717) is 23.6 Å². The smallest absolute Gasteiger partial charge is 0.254 e. The third kappa shape index (κ3) is 4.85. The van der Waals surface area contributed by atoms with Crippen LogP contribution in [0.25, 0.3) is 16.0 Å². The van der Waals surface area contributed by atoms with Crippen LogP contribution < -0.4 is 0 Å². The summed E-state index contributed by atoms with van der Waals surface area (Å²) in [7, 11) is -0.301. The fraction of sp³-hybridized carbons (Fsp3) is 0.217. The molecule has 1 aliphatic heterocycles. The largest absolute Gasteiger partial charge is 0.345 e. The molecule has 172 valence electrons. The Kier molecular flexibility index (Phi) is 6.93. The first-order chi connectivity index (χ1) is 15.7. The molecule has 1 amide bonds. The lowest BCUT2D eigenvalue weighted by Gasteiger charge is -2.25. The molecular weight excluding hydrogens is 501 g/mol. The van der Waals surface area contributed by atoms with Crippen molar-refractivity contribution in [3.63, 3.8) is 0 Å². The summed E-state index contributed by atoms with van der Waals surface area (Å²) in [5.74, 6) is -0.153. The monoisotopic (exact) mass is 521 g/mol. The van der Waals surface area contributed by atoms with Gasteiger partial charge in [0.25, 0.3) is 5.91 Å². The molecule has 3 aromatic rings. The summed E-state index contributed by atoms with van der Waals surface area (Å²) in [6.45, 7) is 0.604. The second-order valence-corrected chi connectivity index (χ2v) is 11.4. The molecule has 0 bridgehead atoms. The van der Waals surface area contributed by atoms with E-state index in [4.69, 9.17) is 23.2 Å². The summed E-state index contributed by atoms with van der Waals surface area (Å²) in [6.07, 6.45) is 4.22. The van der Waals surface area contributed by atoms with E-state index in [1.807, 2.05) is 12.1 Å². The van der Waals surface area contributed by atoms with Gasteiger partial charge in [0, 0.05) is 33.4 Å². The quantitative estimate of drug-likeness (QED) is 0.456. The molecule has 0 aliphatic carbocycles. The van der Waals surface area contributed by atoms with E-state index in [1.165, 1.54) is 26.6 Å². The molecule has 0 unspecified atom stereocenters. The lowest BCUT2D eigenvalue weighted by atomic mass is 10.1. The van der Waals surface area contributed by atoms with Crippen LogP contribution in [-0.2, 0) is 10.0 Å². The number of aromatic nitrogens is 1. The van der Waals surface area contributed by atoms with Crippen LogP contribution in [0.1, 0.15) is 21.8 Å². The van der Waals surface area contributed by atoms with Crippen LogP contribution in [0.15, 0.2) is 59.6 Å². The van der Waals surface area contributed by atoms with Crippen molar-refractivity contribution in [1.29, 1.82) is 0 Å². The first kappa shape index (κ1) is 23.9. The number of thiazole rings is 1. The van der Waals surface area contributed by atoms with Gasteiger partial charge in [-0.3, -0.25) is 4.79 Å². The Morgan fingerprint density at radius 2 is 1.88 bits per heavy atom. The average Bonchev–Trinajstić information content (AvgIpc) is 3.29. The van der Waals surface area contributed by atoms with Gasteiger partial charge in [-0.25, -0.2) is 13.4 Å². The van der Waals surface area contributed by atoms with Gasteiger partial charge in [0.05, 0.1) is 20.5 Å². The van der Waals surface area contributed by atoms with Gasteiger partial charge in [-0.15, -0.1) is 11.3 Å². The van der Waals surface area contributed by atoms with Gasteiger partial charge >= 0.3 is 0 Å². The van der Waals surface area contributed by atoms with Crippen LogP contribution in [0.3, 0.4) is 0 Å². The number of hydrogen-bond donors (Lipinski definition) is 0. The first-order valence-corrected chi connectivity index (χ1v) is 13.1. The zero-order valence-corrected chi connectivity index (χ0v) is 21.1. The van der Waals surface area contributed by atoms with E-state index in [-0.39, 0.29) is 22.4 Å². The maximum absolute atomic E-state index is 12.9. The van der Waals surface area contributed by atoms with E-state index in [1.54, 1.807) is 50.6 Å². The predicted molar refractivity (Wildman–Crippen MR) is 133 cm³/mol.